The van der Waals surface area contributed by atoms with Gasteiger partial charge in [0, 0.05) is 11.1 Å². The molecule has 0 spiro atoms. The van der Waals surface area contributed by atoms with E-state index in [4.69, 9.17) is 11.5 Å². The molecule has 24 heavy (non-hydrogen) atoms. The van der Waals surface area contributed by atoms with Gasteiger partial charge < -0.3 is 20.9 Å². The second kappa shape index (κ2) is 7.98. The van der Waals surface area contributed by atoms with Gasteiger partial charge in [-0.3, -0.25) is 0 Å². The zero-order chi connectivity index (χ0) is 17.7. The highest BCUT2D eigenvalue weighted by Gasteiger charge is 2.25. The molecule has 0 saturated carbocycles. The summed E-state index contributed by atoms with van der Waals surface area (Å²) in [5, 5.41) is 0. The zero-order valence-electron chi connectivity index (χ0n) is 12.4. The van der Waals surface area contributed by atoms with Crippen molar-refractivity contribution in [3.63, 3.8) is 0 Å². The fourth-order valence-electron chi connectivity index (χ4n) is 2.31. The van der Waals surface area contributed by atoms with Gasteiger partial charge in [0.2, 0.25) is 0 Å². The van der Waals surface area contributed by atoms with Crippen LogP contribution in [0.5, 0.6) is 11.5 Å². The standard InChI is InChI=1S/C16H16F4N2O2/c17-15(18)23-11-7-3-1-5-9(11)13(21)14(22)10-6-2-4-8-12(10)24-16(19)20/h1-8,13-16H,21-22H2. The van der Waals surface area contributed by atoms with Crippen LogP contribution in [0.25, 0.3) is 0 Å². The topological polar surface area (TPSA) is 70.5 Å². The highest BCUT2D eigenvalue weighted by molar-refractivity contribution is 5.42. The minimum Gasteiger partial charge on any atom is -0.434 e. The predicted molar refractivity (Wildman–Crippen MR) is 80.0 cm³/mol. The molecule has 0 aliphatic heterocycles. The first-order valence-corrected chi connectivity index (χ1v) is 6.98. The van der Waals surface area contributed by atoms with Crippen LogP contribution in [-0.2, 0) is 0 Å². The number of nitrogens with two attached hydrogens (primary N) is 2. The van der Waals surface area contributed by atoms with Crippen LogP contribution in [0, 0.1) is 0 Å². The second-order valence-corrected chi connectivity index (χ2v) is 4.88. The summed E-state index contributed by atoms with van der Waals surface area (Å²) in [6.07, 6.45) is 0. The van der Waals surface area contributed by atoms with Crippen molar-refractivity contribution in [1.82, 2.24) is 0 Å². The molecule has 0 saturated heterocycles. The van der Waals surface area contributed by atoms with Crippen LogP contribution in [0.15, 0.2) is 48.5 Å². The number of ether oxygens (including phenoxy) is 2. The Morgan fingerprint density at radius 3 is 1.29 bits per heavy atom. The van der Waals surface area contributed by atoms with Gasteiger partial charge in [-0.05, 0) is 12.1 Å². The zero-order valence-corrected chi connectivity index (χ0v) is 12.4. The third-order valence-electron chi connectivity index (χ3n) is 3.38. The normalized spacial score (nSPS) is 13.8. The van der Waals surface area contributed by atoms with Crippen LogP contribution >= 0.6 is 0 Å². The lowest BCUT2D eigenvalue weighted by molar-refractivity contribution is -0.0519. The van der Waals surface area contributed by atoms with Gasteiger partial charge in [-0.2, -0.15) is 17.6 Å². The van der Waals surface area contributed by atoms with E-state index in [0.717, 1.165) is 0 Å². The van der Waals surface area contributed by atoms with Crippen LogP contribution < -0.4 is 20.9 Å². The van der Waals surface area contributed by atoms with Crippen LogP contribution in [0.1, 0.15) is 23.2 Å². The minimum atomic E-state index is -3.02. The average Bonchev–Trinajstić information content (AvgIpc) is 2.53. The number of hydrogen-bond donors (Lipinski definition) is 2. The van der Waals surface area contributed by atoms with Gasteiger partial charge in [-0.25, -0.2) is 0 Å². The molecular formula is C16H16F4N2O2. The summed E-state index contributed by atoms with van der Waals surface area (Å²) < 4.78 is 58.8. The van der Waals surface area contributed by atoms with Crippen LogP contribution in [-0.4, -0.2) is 13.2 Å². The first-order chi connectivity index (χ1) is 11.4. The summed E-state index contributed by atoms with van der Waals surface area (Å²) in [4.78, 5) is 0. The summed E-state index contributed by atoms with van der Waals surface area (Å²) in [6, 6.07) is 9.87. The number of rotatable bonds is 7. The van der Waals surface area contributed by atoms with E-state index in [9.17, 15) is 17.6 Å². The molecule has 2 unspecified atom stereocenters. The summed E-state index contributed by atoms with van der Waals surface area (Å²) in [6.45, 7) is -6.05. The minimum absolute atomic E-state index is 0.122. The lowest BCUT2D eigenvalue weighted by Gasteiger charge is -2.24. The molecule has 0 bridgehead atoms. The Hall–Kier alpha value is -2.32. The summed E-state index contributed by atoms with van der Waals surface area (Å²) in [7, 11) is 0. The summed E-state index contributed by atoms with van der Waals surface area (Å²) in [5.41, 5.74) is 12.6. The molecule has 4 N–H and O–H groups in total. The molecule has 0 fully saturated rings. The summed E-state index contributed by atoms with van der Waals surface area (Å²) in [5.74, 6) is -0.245. The molecule has 2 atom stereocenters. The fourth-order valence-corrected chi connectivity index (χ4v) is 2.31. The molecule has 0 aromatic heterocycles. The van der Waals surface area contributed by atoms with Crippen molar-refractivity contribution >= 4 is 0 Å². The van der Waals surface area contributed by atoms with Crippen molar-refractivity contribution in [2.24, 2.45) is 11.5 Å². The Morgan fingerprint density at radius 2 is 0.958 bits per heavy atom. The highest BCUT2D eigenvalue weighted by atomic mass is 19.3. The van der Waals surface area contributed by atoms with Gasteiger partial charge in [0.25, 0.3) is 0 Å². The van der Waals surface area contributed by atoms with E-state index in [2.05, 4.69) is 9.47 Å². The summed E-state index contributed by atoms with van der Waals surface area (Å²) >= 11 is 0. The van der Waals surface area contributed by atoms with E-state index >= 15 is 0 Å². The third kappa shape index (κ3) is 4.36. The Labute approximate surface area is 136 Å². The first kappa shape index (κ1) is 18.0. The van der Waals surface area contributed by atoms with Crippen molar-refractivity contribution < 1.29 is 27.0 Å². The molecule has 4 nitrogen and oxygen atoms in total. The SMILES string of the molecule is NC(c1ccccc1OC(F)F)C(N)c1ccccc1OC(F)F. The van der Waals surface area contributed by atoms with Gasteiger partial charge in [0.15, 0.2) is 0 Å². The maximum absolute atomic E-state index is 12.5. The number of hydrogen-bond acceptors (Lipinski definition) is 4. The average molecular weight is 344 g/mol. The Kier molecular flexibility index (Phi) is 5.99. The Balaban J connectivity index is 2.32. The van der Waals surface area contributed by atoms with E-state index in [1.165, 1.54) is 36.4 Å². The fraction of sp³-hybridized carbons (Fsp3) is 0.250. The van der Waals surface area contributed by atoms with Gasteiger partial charge in [0.05, 0.1) is 12.1 Å². The molecule has 0 radical (unpaired) electrons. The van der Waals surface area contributed by atoms with E-state index < -0.39 is 25.3 Å². The molecule has 2 rings (SSSR count). The van der Waals surface area contributed by atoms with Crippen molar-refractivity contribution in [2.75, 3.05) is 0 Å². The van der Waals surface area contributed by atoms with E-state index in [1.807, 2.05) is 0 Å². The van der Waals surface area contributed by atoms with Gasteiger partial charge >= 0.3 is 13.2 Å². The van der Waals surface area contributed by atoms with Crippen molar-refractivity contribution in [1.29, 1.82) is 0 Å². The second-order valence-electron chi connectivity index (χ2n) is 4.88. The highest BCUT2D eigenvalue weighted by Crippen LogP contribution is 2.35. The van der Waals surface area contributed by atoms with Gasteiger partial charge in [-0.15, -0.1) is 0 Å². The molecule has 0 aliphatic carbocycles. The molecule has 0 aliphatic rings. The predicted octanol–water partition coefficient (Wildman–Crippen LogP) is 3.59. The van der Waals surface area contributed by atoms with Crippen molar-refractivity contribution in [3.05, 3.63) is 59.7 Å². The molecule has 0 heterocycles. The quantitative estimate of drug-likeness (QED) is 0.753. The van der Waals surface area contributed by atoms with Crippen LogP contribution in [0.3, 0.4) is 0 Å². The van der Waals surface area contributed by atoms with E-state index in [-0.39, 0.29) is 22.6 Å². The van der Waals surface area contributed by atoms with Crippen molar-refractivity contribution in [3.8, 4) is 11.5 Å². The lowest BCUT2D eigenvalue weighted by Crippen LogP contribution is -2.28. The van der Waals surface area contributed by atoms with Gasteiger partial charge in [0.1, 0.15) is 11.5 Å². The maximum Gasteiger partial charge on any atom is 0.387 e. The Morgan fingerprint density at radius 1 is 0.625 bits per heavy atom. The number of halogens is 4. The third-order valence-corrected chi connectivity index (χ3v) is 3.38. The van der Waals surface area contributed by atoms with Gasteiger partial charge in [-0.1, -0.05) is 36.4 Å². The van der Waals surface area contributed by atoms with Crippen molar-refractivity contribution in [2.45, 2.75) is 25.3 Å². The molecule has 8 heteroatoms. The maximum atomic E-state index is 12.5. The largest absolute Gasteiger partial charge is 0.434 e. The monoisotopic (exact) mass is 344 g/mol. The van der Waals surface area contributed by atoms with Crippen LogP contribution in [0.4, 0.5) is 17.6 Å². The lowest BCUT2D eigenvalue weighted by atomic mass is 9.93. The number of alkyl halides is 4. The number of para-hydroxylation sites is 2. The molecular weight excluding hydrogens is 328 g/mol. The molecule has 2 aromatic rings. The molecule has 130 valence electrons. The van der Waals surface area contributed by atoms with E-state index in [0.29, 0.717) is 0 Å². The van der Waals surface area contributed by atoms with Crippen LogP contribution in [0.2, 0.25) is 0 Å². The smallest absolute Gasteiger partial charge is 0.387 e. The molecule has 0 amide bonds. The molecule has 2 aromatic carbocycles. The first-order valence-electron chi connectivity index (χ1n) is 6.98. The Bertz CT molecular complexity index is 613. The number of benzene rings is 2. The van der Waals surface area contributed by atoms with E-state index in [1.54, 1.807) is 12.1 Å².